The lowest BCUT2D eigenvalue weighted by atomic mass is 9.72. The Morgan fingerprint density at radius 1 is 1.22 bits per heavy atom. The number of nitrogens with zero attached hydrogens (tertiary/aromatic N) is 1. The minimum absolute atomic E-state index is 0.0211. The summed E-state index contributed by atoms with van der Waals surface area (Å²) in [6.07, 6.45) is 0. The molecule has 18 heavy (non-hydrogen) atoms. The molecule has 0 aromatic carbocycles. The van der Waals surface area contributed by atoms with Gasteiger partial charge in [-0.2, -0.15) is 0 Å². The monoisotopic (exact) mass is 252 g/mol. The number of carbonyl (C=O) groups is 1. The van der Waals surface area contributed by atoms with E-state index in [9.17, 15) is 4.79 Å². The lowest BCUT2D eigenvalue weighted by Gasteiger charge is -2.41. The molecule has 1 N–H and O–H groups in total. The average molecular weight is 252 g/mol. The van der Waals surface area contributed by atoms with Gasteiger partial charge in [0.05, 0.1) is 0 Å². The molecule has 1 aromatic heterocycles. The standard InChI is InChI=1S/C14H24N2O2/c1-9-8-10(16-18-9)11(17)15-12(13(2,3)4)14(5,6)7/h8,12H,1-7H3,(H,15,17). The summed E-state index contributed by atoms with van der Waals surface area (Å²) >= 11 is 0. The molecule has 1 amide bonds. The van der Waals surface area contributed by atoms with Crippen molar-refractivity contribution in [2.75, 3.05) is 0 Å². The van der Waals surface area contributed by atoms with E-state index >= 15 is 0 Å². The van der Waals surface area contributed by atoms with Gasteiger partial charge in [0, 0.05) is 12.1 Å². The number of aromatic nitrogens is 1. The molecule has 102 valence electrons. The third-order valence-electron chi connectivity index (χ3n) is 2.87. The topological polar surface area (TPSA) is 55.1 Å². The summed E-state index contributed by atoms with van der Waals surface area (Å²) in [5.41, 5.74) is 0.297. The van der Waals surface area contributed by atoms with Crippen molar-refractivity contribution in [2.24, 2.45) is 10.8 Å². The lowest BCUT2D eigenvalue weighted by Crippen LogP contribution is -2.51. The first kappa shape index (κ1) is 14.7. The first-order valence-electron chi connectivity index (χ1n) is 6.26. The summed E-state index contributed by atoms with van der Waals surface area (Å²) in [5, 5.41) is 6.81. The molecule has 1 heterocycles. The SMILES string of the molecule is Cc1cc(C(=O)NC(C(C)(C)C)C(C)(C)C)no1. The molecule has 4 nitrogen and oxygen atoms in total. The third kappa shape index (κ3) is 3.59. The smallest absolute Gasteiger partial charge is 0.273 e. The maximum Gasteiger partial charge on any atom is 0.273 e. The largest absolute Gasteiger partial charge is 0.361 e. The summed E-state index contributed by atoms with van der Waals surface area (Å²) in [4.78, 5) is 12.1. The fourth-order valence-corrected chi connectivity index (χ4v) is 2.41. The van der Waals surface area contributed by atoms with Gasteiger partial charge in [-0.1, -0.05) is 46.7 Å². The van der Waals surface area contributed by atoms with Crippen LogP contribution < -0.4 is 5.32 Å². The zero-order valence-electron chi connectivity index (χ0n) is 12.4. The maximum atomic E-state index is 12.1. The molecule has 0 bridgehead atoms. The van der Waals surface area contributed by atoms with Crippen molar-refractivity contribution in [3.05, 3.63) is 17.5 Å². The molecule has 0 aliphatic heterocycles. The molecule has 4 heteroatoms. The van der Waals surface area contributed by atoms with Crippen LogP contribution in [0.1, 0.15) is 57.8 Å². The van der Waals surface area contributed by atoms with Gasteiger partial charge >= 0.3 is 0 Å². The first-order chi connectivity index (χ1) is 8.01. The van der Waals surface area contributed by atoms with Crippen LogP contribution in [-0.4, -0.2) is 17.1 Å². The Kier molecular flexibility index (Phi) is 3.89. The fourth-order valence-electron chi connectivity index (χ4n) is 2.41. The molecule has 0 fully saturated rings. The van der Waals surface area contributed by atoms with Gasteiger partial charge in [-0.3, -0.25) is 4.79 Å². The van der Waals surface area contributed by atoms with E-state index in [0.29, 0.717) is 11.5 Å². The Bertz CT molecular complexity index is 408. The van der Waals surface area contributed by atoms with Gasteiger partial charge in [0.25, 0.3) is 5.91 Å². The Balaban J connectivity index is 2.89. The second kappa shape index (κ2) is 4.75. The Morgan fingerprint density at radius 2 is 1.72 bits per heavy atom. The van der Waals surface area contributed by atoms with Crippen molar-refractivity contribution in [3.63, 3.8) is 0 Å². The summed E-state index contributed by atoms with van der Waals surface area (Å²) in [5.74, 6) is 0.463. The highest BCUT2D eigenvalue weighted by atomic mass is 16.5. The number of rotatable bonds is 2. The average Bonchev–Trinajstić information content (AvgIpc) is 2.57. The third-order valence-corrected chi connectivity index (χ3v) is 2.87. The molecule has 1 aromatic rings. The van der Waals surface area contributed by atoms with Gasteiger partial charge in [-0.25, -0.2) is 0 Å². The molecule has 0 unspecified atom stereocenters. The molecule has 0 saturated heterocycles. The minimum atomic E-state index is -0.179. The van der Waals surface area contributed by atoms with E-state index < -0.39 is 0 Å². The Hall–Kier alpha value is -1.32. The van der Waals surface area contributed by atoms with Crippen LogP contribution in [0.2, 0.25) is 0 Å². The van der Waals surface area contributed by atoms with Crippen LogP contribution in [0.15, 0.2) is 10.6 Å². The molecule has 0 radical (unpaired) electrons. The lowest BCUT2D eigenvalue weighted by molar-refractivity contribution is 0.0787. The number of hydrogen-bond acceptors (Lipinski definition) is 3. The van der Waals surface area contributed by atoms with Crippen LogP contribution in [0, 0.1) is 17.8 Å². The quantitative estimate of drug-likeness (QED) is 0.879. The van der Waals surface area contributed by atoms with E-state index in [1.54, 1.807) is 13.0 Å². The van der Waals surface area contributed by atoms with Gasteiger partial charge in [0.2, 0.25) is 0 Å². The zero-order chi connectivity index (χ0) is 14.1. The minimum Gasteiger partial charge on any atom is -0.361 e. The predicted molar refractivity (Wildman–Crippen MR) is 71.4 cm³/mol. The van der Waals surface area contributed by atoms with Crippen LogP contribution in [0.3, 0.4) is 0 Å². The van der Waals surface area contributed by atoms with Gasteiger partial charge in [0.15, 0.2) is 5.69 Å². The molecule has 0 spiro atoms. The molecular weight excluding hydrogens is 228 g/mol. The van der Waals surface area contributed by atoms with Gasteiger partial charge < -0.3 is 9.84 Å². The van der Waals surface area contributed by atoms with Crippen molar-refractivity contribution in [2.45, 2.75) is 54.5 Å². The Labute approximate surface area is 109 Å². The summed E-state index contributed by atoms with van der Waals surface area (Å²) in [7, 11) is 0. The van der Waals surface area contributed by atoms with Crippen molar-refractivity contribution in [1.29, 1.82) is 0 Å². The summed E-state index contributed by atoms with van der Waals surface area (Å²) in [6, 6.07) is 1.70. The number of nitrogens with one attached hydrogen (secondary N) is 1. The van der Waals surface area contributed by atoms with Crippen molar-refractivity contribution in [1.82, 2.24) is 10.5 Å². The molecule has 0 aliphatic carbocycles. The van der Waals surface area contributed by atoms with Gasteiger partial charge in [0.1, 0.15) is 5.76 Å². The van der Waals surface area contributed by atoms with Gasteiger partial charge in [-0.05, 0) is 17.8 Å². The zero-order valence-corrected chi connectivity index (χ0v) is 12.4. The van der Waals surface area contributed by atoms with E-state index in [0.717, 1.165) is 0 Å². The highest BCUT2D eigenvalue weighted by Crippen LogP contribution is 2.33. The van der Waals surface area contributed by atoms with E-state index in [4.69, 9.17) is 4.52 Å². The van der Waals surface area contributed by atoms with Gasteiger partial charge in [-0.15, -0.1) is 0 Å². The molecule has 0 aliphatic rings. The van der Waals surface area contributed by atoms with Crippen LogP contribution in [0.25, 0.3) is 0 Å². The van der Waals surface area contributed by atoms with Crippen LogP contribution in [-0.2, 0) is 0 Å². The second-order valence-corrected chi connectivity index (χ2v) is 6.96. The normalized spacial score (nSPS) is 12.9. The van der Waals surface area contributed by atoms with E-state index in [1.165, 1.54) is 0 Å². The molecular formula is C14H24N2O2. The van der Waals surface area contributed by atoms with E-state index in [-0.39, 0.29) is 22.8 Å². The molecule has 1 rings (SSSR count). The van der Waals surface area contributed by atoms with Crippen molar-refractivity contribution < 1.29 is 9.32 Å². The highest BCUT2D eigenvalue weighted by molar-refractivity contribution is 5.92. The molecule has 0 saturated carbocycles. The number of hydrogen-bond donors (Lipinski definition) is 1. The summed E-state index contributed by atoms with van der Waals surface area (Å²) < 4.78 is 4.93. The number of aryl methyl sites for hydroxylation is 1. The number of carbonyl (C=O) groups excluding carboxylic acids is 1. The van der Waals surface area contributed by atoms with E-state index in [2.05, 4.69) is 52.0 Å². The van der Waals surface area contributed by atoms with Crippen LogP contribution >= 0.6 is 0 Å². The highest BCUT2D eigenvalue weighted by Gasteiger charge is 2.36. The van der Waals surface area contributed by atoms with Crippen molar-refractivity contribution in [3.8, 4) is 0 Å². The first-order valence-corrected chi connectivity index (χ1v) is 6.26. The number of amides is 1. The summed E-state index contributed by atoms with van der Waals surface area (Å²) in [6.45, 7) is 14.5. The fraction of sp³-hybridized carbons (Fsp3) is 0.714. The predicted octanol–water partition coefficient (Wildman–Crippen LogP) is 3.17. The van der Waals surface area contributed by atoms with Crippen LogP contribution in [0.5, 0.6) is 0 Å². The van der Waals surface area contributed by atoms with Crippen LogP contribution in [0.4, 0.5) is 0 Å². The van der Waals surface area contributed by atoms with Crippen molar-refractivity contribution >= 4 is 5.91 Å². The Morgan fingerprint density at radius 3 is 2.06 bits per heavy atom. The maximum absolute atomic E-state index is 12.1. The second-order valence-electron chi connectivity index (χ2n) is 6.96. The molecule has 0 atom stereocenters. The van der Waals surface area contributed by atoms with E-state index in [1.807, 2.05) is 0 Å².